The van der Waals surface area contributed by atoms with E-state index in [1.807, 2.05) is 47.3 Å². The minimum Gasteiger partial charge on any atom is -0.395 e. The van der Waals surface area contributed by atoms with Crippen molar-refractivity contribution in [2.75, 3.05) is 18.5 Å². The number of aromatic nitrogens is 2. The van der Waals surface area contributed by atoms with Crippen molar-refractivity contribution in [2.24, 2.45) is 0 Å². The number of β-amino-alcohol motifs (C(OH)–C–C–N with tert-alkyl or cyclic N) is 1. The van der Waals surface area contributed by atoms with E-state index in [1.54, 1.807) is 18.2 Å². The van der Waals surface area contributed by atoms with Crippen molar-refractivity contribution >= 4 is 34.8 Å². The Bertz CT molecular complexity index is 1160. The summed E-state index contributed by atoms with van der Waals surface area (Å²) in [5.74, 6) is -0.191. The largest absolute Gasteiger partial charge is 0.395 e. The second kappa shape index (κ2) is 10.1. The number of hydrogen-bond donors (Lipinski definition) is 2. The van der Waals surface area contributed by atoms with E-state index in [2.05, 4.69) is 31.0 Å². The summed E-state index contributed by atoms with van der Waals surface area (Å²) < 4.78 is 1.95. The number of carbonyl (C=O) groups excluding carboxylic acids is 1. The van der Waals surface area contributed by atoms with E-state index in [0.29, 0.717) is 28.7 Å². The normalized spacial score (nSPS) is 21.1. The lowest BCUT2D eigenvalue weighted by atomic mass is 9.90. The van der Waals surface area contributed by atoms with Gasteiger partial charge in [-0.2, -0.15) is 5.10 Å². The lowest BCUT2D eigenvalue weighted by Gasteiger charge is -2.31. The molecule has 1 fully saturated rings. The van der Waals surface area contributed by atoms with Crippen LogP contribution in [0.5, 0.6) is 0 Å². The van der Waals surface area contributed by atoms with Gasteiger partial charge in [0, 0.05) is 40.4 Å². The fraction of sp³-hybridized carbons (Fsp3) is 0.385. The lowest BCUT2D eigenvalue weighted by Crippen LogP contribution is -2.42. The van der Waals surface area contributed by atoms with E-state index in [1.165, 1.54) is 0 Å². The molecule has 1 amide bonds. The number of nitrogens with one attached hydrogen (secondary N) is 1. The molecule has 1 aliphatic rings. The van der Waals surface area contributed by atoms with Crippen molar-refractivity contribution in [1.82, 2.24) is 14.7 Å². The van der Waals surface area contributed by atoms with Crippen LogP contribution in [0.1, 0.15) is 50.4 Å². The quantitative estimate of drug-likeness (QED) is 0.470. The molecule has 8 heteroatoms. The molecule has 0 spiro atoms. The number of anilines is 1. The summed E-state index contributed by atoms with van der Waals surface area (Å²) in [5.41, 5.74) is 2.40. The number of halogens is 2. The second-order valence-corrected chi connectivity index (χ2v) is 10.5. The molecule has 0 radical (unpaired) electrons. The summed E-state index contributed by atoms with van der Waals surface area (Å²) in [6.45, 7) is 6.59. The summed E-state index contributed by atoms with van der Waals surface area (Å²) in [5, 5.41) is 19.0. The van der Waals surface area contributed by atoms with Crippen LogP contribution in [0.15, 0.2) is 60.8 Å². The van der Waals surface area contributed by atoms with Crippen LogP contribution in [0.4, 0.5) is 5.69 Å². The molecule has 3 aromatic rings. The minimum atomic E-state index is -0.458. The van der Waals surface area contributed by atoms with Crippen molar-refractivity contribution in [1.29, 1.82) is 0 Å². The molecule has 1 saturated heterocycles. The van der Waals surface area contributed by atoms with Crippen LogP contribution < -0.4 is 5.32 Å². The Labute approximate surface area is 210 Å². The third kappa shape index (κ3) is 5.31. The first kappa shape index (κ1) is 24.7. The standard InChI is InChI=1S/C26H30Cl2N4O2/c1-26(2,3)32-11-10-22(30-32)21-16-23(25(34)29-20-9-5-8-19(28)15-20)31(12-13-33)24(21)17-6-4-7-18(27)14-17/h4-11,14-15,21,23-24,33H,12-13,16H2,1-3H3,(H,29,34)/t21-,23-,24-/m0/s1. The number of likely N-dealkylation sites (tertiary alicyclic amines) is 1. The number of benzene rings is 2. The monoisotopic (exact) mass is 500 g/mol. The number of amides is 1. The third-order valence-corrected chi connectivity index (χ3v) is 6.71. The number of hydrogen-bond acceptors (Lipinski definition) is 4. The van der Waals surface area contributed by atoms with E-state index < -0.39 is 6.04 Å². The van der Waals surface area contributed by atoms with Gasteiger partial charge >= 0.3 is 0 Å². The minimum absolute atomic E-state index is 0.0521. The van der Waals surface area contributed by atoms with Gasteiger partial charge in [0.05, 0.1) is 23.9 Å². The number of aliphatic hydroxyl groups is 1. The van der Waals surface area contributed by atoms with Gasteiger partial charge in [-0.1, -0.05) is 41.4 Å². The zero-order valence-corrected chi connectivity index (χ0v) is 21.1. The van der Waals surface area contributed by atoms with Gasteiger partial charge in [-0.15, -0.1) is 0 Å². The van der Waals surface area contributed by atoms with Gasteiger partial charge in [0.15, 0.2) is 0 Å². The van der Waals surface area contributed by atoms with Gasteiger partial charge in [-0.3, -0.25) is 14.4 Å². The van der Waals surface area contributed by atoms with Gasteiger partial charge in [-0.05, 0) is 69.2 Å². The Balaban J connectivity index is 1.72. The molecule has 180 valence electrons. The van der Waals surface area contributed by atoms with E-state index in [9.17, 15) is 9.90 Å². The van der Waals surface area contributed by atoms with E-state index in [0.717, 1.165) is 11.3 Å². The summed E-state index contributed by atoms with van der Waals surface area (Å²) in [7, 11) is 0. The van der Waals surface area contributed by atoms with Crippen LogP contribution in [0, 0.1) is 0 Å². The average Bonchev–Trinajstić information content (AvgIpc) is 3.39. The molecule has 2 aromatic carbocycles. The van der Waals surface area contributed by atoms with Crippen LogP contribution in [0.3, 0.4) is 0 Å². The lowest BCUT2D eigenvalue weighted by molar-refractivity contribution is -0.121. The maximum atomic E-state index is 13.5. The molecule has 0 aliphatic carbocycles. The molecule has 2 heterocycles. The molecular weight excluding hydrogens is 471 g/mol. The summed E-state index contributed by atoms with van der Waals surface area (Å²) >= 11 is 12.5. The Morgan fingerprint density at radius 3 is 2.44 bits per heavy atom. The van der Waals surface area contributed by atoms with Crippen molar-refractivity contribution in [3.05, 3.63) is 82.1 Å². The molecule has 2 N–H and O–H groups in total. The molecule has 4 rings (SSSR count). The Morgan fingerprint density at radius 1 is 1.12 bits per heavy atom. The first-order chi connectivity index (χ1) is 16.2. The van der Waals surface area contributed by atoms with E-state index >= 15 is 0 Å². The molecule has 0 bridgehead atoms. The first-order valence-electron chi connectivity index (χ1n) is 11.4. The second-order valence-electron chi connectivity index (χ2n) is 9.67. The van der Waals surface area contributed by atoms with E-state index in [4.69, 9.17) is 28.3 Å². The van der Waals surface area contributed by atoms with Crippen LogP contribution in [-0.4, -0.2) is 44.9 Å². The van der Waals surface area contributed by atoms with Crippen molar-refractivity contribution < 1.29 is 9.90 Å². The van der Waals surface area contributed by atoms with Gasteiger partial charge in [-0.25, -0.2) is 0 Å². The highest BCUT2D eigenvalue weighted by atomic mass is 35.5. The number of nitrogens with zero attached hydrogens (tertiary/aromatic N) is 3. The van der Waals surface area contributed by atoms with Crippen LogP contribution >= 0.6 is 23.2 Å². The molecule has 6 nitrogen and oxygen atoms in total. The van der Waals surface area contributed by atoms with E-state index in [-0.39, 0.29) is 30.0 Å². The summed E-state index contributed by atoms with van der Waals surface area (Å²) in [6, 6.07) is 16.2. The Morgan fingerprint density at radius 2 is 1.82 bits per heavy atom. The fourth-order valence-electron chi connectivity index (χ4n) is 4.70. The Hall–Kier alpha value is -2.38. The van der Waals surface area contributed by atoms with Gasteiger partial charge in [0.1, 0.15) is 0 Å². The first-order valence-corrected chi connectivity index (χ1v) is 12.2. The molecule has 0 saturated carbocycles. The zero-order chi connectivity index (χ0) is 24.5. The van der Waals surface area contributed by atoms with Crippen LogP contribution in [0.2, 0.25) is 10.0 Å². The third-order valence-electron chi connectivity index (χ3n) is 6.24. The van der Waals surface area contributed by atoms with Crippen LogP contribution in [-0.2, 0) is 10.3 Å². The SMILES string of the molecule is CC(C)(C)n1ccc([C@@H]2C[C@@H](C(=O)Nc3cccc(Cl)c3)N(CCO)[C@H]2c2cccc(Cl)c2)n1. The predicted octanol–water partition coefficient (Wildman–Crippen LogP) is 5.48. The van der Waals surface area contributed by atoms with Gasteiger partial charge in [0.25, 0.3) is 0 Å². The highest BCUT2D eigenvalue weighted by Crippen LogP contribution is 2.47. The van der Waals surface area contributed by atoms with Crippen molar-refractivity contribution in [2.45, 2.75) is 50.7 Å². The Kier molecular flexibility index (Phi) is 7.33. The topological polar surface area (TPSA) is 70.4 Å². The number of carbonyl (C=O) groups is 1. The summed E-state index contributed by atoms with van der Waals surface area (Å²) in [4.78, 5) is 15.5. The highest BCUT2D eigenvalue weighted by Gasteiger charge is 2.46. The molecule has 1 aliphatic heterocycles. The number of aliphatic hydroxyl groups excluding tert-OH is 1. The average molecular weight is 501 g/mol. The fourth-order valence-corrected chi connectivity index (χ4v) is 5.08. The van der Waals surface area contributed by atoms with Crippen molar-refractivity contribution in [3.63, 3.8) is 0 Å². The molecule has 3 atom stereocenters. The molecular formula is C26H30Cl2N4O2. The molecule has 1 aromatic heterocycles. The number of rotatable bonds is 6. The van der Waals surface area contributed by atoms with Gasteiger partial charge in [0.2, 0.25) is 5.91 Å². The maximum Gasteiger partial charge on any atom is 0.241 e. The smallest absolute Gasteiger partial charge is 0.241 e. The van der Waals surface area contributed by atoms with Gasteiger partial charge < -0.3 is 10.4 Å². The molecule has 34 heavy (non-hydrogen) atoms. The highest BCUT2D eigenvalue weighted by molar-refractivity contribution is 6.31. The van der Waals surface area contributed by atoms with Crippen LogP contribution in [0.25, 0.3) is 0 Å². The predicted molar refractivity (Wildman–Crippen MR) is 136 cm³/mol. The maximum absolute atomic E-state index is 13.5. The molecule has 0 unspecified atom stereocenters. The van der Waals surface area contributed by atoms with Crippen molar-refractivity contribution in [3.8, 4) is 0 Å². The zero-order valence-electron chi connectivity index (χ0n) is 19.6. The summed E-state index contributed by atoms with van der Waals surface area (Å²) in [6.07, 6.45) is 2.55.